The van der Waals surface area contributed by atoms with Gasteiger partial charge in [0.05, 0.1) is 26.1 Å². The summed E-state index contributed by atoms with van der Waals surface area (Å²) in [5.41, 5.74) is -3.22. The van der Waals surface area contributed by atoms with Gasteiger partial charge in [-0.1, -0.05) is 33.3 Å². The normalized spacial score (nSPS) is 41.2. The lowest BCUT2D eigenvalue weighted by Crippen LogP contribution is -2.74. The van der Waals surface area contributed by atoms with E-state index in [1.165, 1.54) is 20.3 Å². The van der Waals surface area contributed by atoms with Gasteiger partial charge in [0, 0.05) is 35.2 Å². The van der Waals surface area contributed by atoms with Crippen LogP contribution in [0.5, 0.6) is 0 Å². The highest BCUT2D eigenvalue weighted by atomic mass is 16.6. The highest BCUT2D eigenvalue weighted by molar-refractivity contribution is 5.99. The molecule has 1 aromatic heterocycles. The summed E-state index contributed by atoms with van der Waals surface area (Å²) in [6.07, 6.45) is 4.16. The maximum atomic E-state index is 14.3. The van der Waals surface area contributed by atoms with Gasteiger partial charge in [-0.3, -0.25) is 19.2 Å². The van der Waals surface area contributed by atoms with Crippen LogP contribution in [0.4, 0.5) is 0 Å². The lowest BCUT2D eigenvalue weighted by atomic mass is 9.39. The number of Topliss-reactive ketones (excluding diaryl/α,β-unsaturated/α-hetero) is 1. The largest absolute Gasteiger partial charge is 0.472 e. The van der Waals surface area contributed by atoms with Crippen LogP contribution in [0.3, 0.4) is 0 Å². The van der Waals surface area contributed by atoms with Crippen molar-refractivity contribution in [2.24, 2.45) is 34.0 Å². The number of fused-ring (bicyclic) bond motifs is 6. The molecule has 4 unspecified atom stereocenters. The number of methoxy groups -OCH3 is 1. The van der Waals surface area contributed by atoms with Gasteiger partial charge < -0.3 is 23.7 Å². The molecule has 9 heteroatoms. The topological polar surface area (TPSA) is 129 Å². The predicted octanol–water partition coefficient (Wildman–Crippen LogP) is 3.70. The SMILES string of the molecule is COC(=O)C[C@H]1C(C)(C)C(OC(C)=O)[C@]2(O)C=C3C(CC[C@]4(C)C3CC(=O)O[C@H]4c3ccoc3)C1(C)C2=O. The molecule has 2 heterocycles. The zero-order valence-electron chi connectivity index (χ0n) is 22.7. The minimum Gasteiger partial charge on any atom is -0.472 e. The Morgan fingerprint density at radius 3 is 2.47 bits per heavy atom. The van der Waals surface area contributed by atoms with Crippen molar-refractivity contribution in [2.75, 3.05) is 7.11 Å². The number of aliphatic hydroxyl groups is 1. The van der Waals surface area contributed by atoms with E-state index in [2.05, 4.69) is 6.92 Å². The second-order valence-electron chi connectivity index (χ2n) is 12.5. The molecule has 8 atom stereocenters. The van der Waals surface area contributed by atoms with Crippen LogP contribution >= 0.6 is 0 Å². The van der Waals surface area contributed by atoms with Gasteiger partial charge in [0.1, 0.15) is 12.2 Å². The second kappa shape index (κ2) is 8.53. The quantitative estimate of drug-likeness (QED) is 0.353. The zero-order valence-corrected chi connectivity index (χ0v) is 22.7. The molecule has 206 valence electrons. The number of cyclic esters (lactones) is 1. The van der Waals surface area contributed by atoms with Gasteiger partial charge in [-0.2, -0.15) is 0 Å². The maximum Gasteiger partial charge on any atom is 0.307 e. The number of ether oxygens (including phenoxy) is 3. The summed E-state index contributed by atoms with van der Waals surface area (Å²) in [5.74, 6) is -3.22. The second-order valence-corrected chi connectivity index (χ2v) is 12.5. The van der Waals surface area contributed by atoms with E-state index in [0.29, 0.717) is 12.8 Å². The third kappa shape index (κ3) is 3.46. The number of allylic oxidation sites excluding steroid dienone is 1. The Kier molecular flexibility index (Phi) is 5.98. The first-order chi connectivity index (χ1) is 17.7. The third-order valence-electron chi connectivity index (χ3n) is 10.2. The van der Waals surface area contributed by atoms with E-state index >= 15 is 0 Å². The van der Waals surface area contributed by atoms with Crippen molar-refractivity contribution < 1.29 is 42.9 Å². The molecule has 0 spiro atoms. The first-order valence-corrected chi connectivity index (χ1v) is 13.2. The Balaban J connectivity index is 1.71. The molecule has 3 aliphatic carbocycles. The van der Waals surface area contributed by atoms with E-state index in [0.717, 1.165) is 11.1 Å². The molecule has 4 aliphatic rings. The Morgan fingerprint density at radius 1 is 1.16 bits per heavy atom. The van der Waals surface area contributed by atoms with Gasteiger partial charge >= 0.3 is 17.9 Å². The lowest BCUT2D eigenvalue weighted by molar-refractivity contribution is -0.224. The molecule has 0 radical (unpaired) electrons. The average molecular weight is 529 g/mol. The van der Waals surface area contributed by atoms with Crippen LogP contribution < -0.4 is 0 Å². The molecule has 2 bridgehead atoms. The van der Waals surface area contributed by atoms with Crippen LogP contribution in [0, 0.1) is 34.0 Å². The van der Waals surface area contributed by atoms with Gasteiger partial charge in [-0.25, -0.2) is 0 Å². The Morgan fingerprint density at radius 2 is 1.87 bits per heavy atom. The molecule has 1 aliphatic heterocycles. The Labute approximate surface area is 221 Å². The highest BCUT2D eigenvalue weighted by Gasteiger charge is 2.73. The van der Waals surface area contributed by atoms with Crippen molar-refractivity contribution in [2.45, 2.75) is 78.1 Å². The summed E-state index contributed by atoms with van der Waals surface area (Å²) < 4.78 is 21.8. The summed E-state index contributed by atoms with van der Waals surface area (Å²) in [6, 6.07) is 1.78. The minimum absolute atomic E-state index is 0.0784. The van der Waals surface area contributed by atoms with E-state index in [1.54, 1.807) is 18.4 Å². The zero-order chi connectivity index (χ0) is 27.8. The number of ketones is 1. The first kappa shape index (κ1) is 26.7. The molecule has 1 aromatic rings. The Bertz CT molecular complexity index is 1210. The molecular formula is C29H36O9. The fraction of sp³-hybridized carbons (Fsp3) is 0.655. The Hall–Kier alpha value is -2.94. The molecule has 0 aromatic carbocycles. The monoisotopic (exact) mass is 528 g/mol. The molecular weight excluding hydrogens is 492 g/mol. The van der Waals surface area contributed by atoms with Crippen LogP contribution in [0.2, 0.25) is 0 Å². The van der Waals surface area contributed by atoms with Crippen molar-refractivity contribution in [3.05, 3.63) is 35.8 Å². The maximum absolute atomic E-state index is 14.3. The fourth-order valence-corrected chi connectivity index (χ4v) is 8.45. The van der Waals surface area contributed by atoms with Crippen LogP contribution in [0.25, 0.3) is 0 Å². The standard InChI is InChI=1S/C29H36O9/c1-15(30)37-25-26(2,3)20(12-21(31)35-6)28(5)18-7-9-27(4)19(17(18)13-29(25,34)24(28)33)11-22(32)38-23(27)16-8-10-36-14-16/h8,10,13-14,18-20,23,25,34H,7,9,11-12H2,1-6H3/t18?,19?,20-,23-,25?,27+,28?,29-/m0/s1. The van der Waals surface area contributed by atoms with Crippen molar-refractivity contribution in [1.82, 2.24) is 0 Å². The predicted molar refractivity (Wildman–Crippen MR) is 132 cm³/mol. The third-order valence-corrected chi connectivity index (χ3v) is 10.2. The van der Waals surface area contributed by atoms with Crippen LogP contribution in [0.1, 0.15) is 72.0 Å². The smallest absolute Gasteiger partial charge is 0.307 e. The van der Waals surface area contributed by atoms with Crippen molar-refractivity contribution >= 4 is 23.7 Å². The molecule has 38 heavy (non-hydrogen) atoms. The summed E-state index contributed by atoms with van der Waals surface area (Å²) >= 11 is 0. The summed E-state index contributed by atoms with van der Waals surface area (Å²) in [4.78, 5) is 52.1. The number of furan rings is 1. The molecule has 0 amide bonds. The fourth-order valence-electron chi connectivity index (χ4n) is 8.45. The molecule has 2 saturated carbocycles. The number of rotatable bonds is 4. The summed E-state index contributed by atoms with van der Waals surface area (Å²) in [5, 5.41) is 12.2. The number of hydrogen-bond donors (Lipinski definition) is 1. The van der Waals surface area contributed by atoms with E-state index in [4.69, 9.17) is 18.6 Å². The van der Waals surface area contributed by atoms with Gasteiger partial charge in [-0.05, 0) is 42.7 Å². The van der Waals surface area contributed by atoms with Gasteiger partial charge in [-0.15, -0.1) is 0 Å². The van der Waals surface area contributed by atoms with E-state index in [9.17, 15) is 24.3 Å². The van der Waals surface area contributed by atoms with Crippen molar-refractivity contribution in [3.8, 4) is 0 Å². The number of hydrogen-bond acceptors (Lipinski definition) is 9. The minimum atomic E-state index is -2.12. The molecule has 3 fully saturated rings. The summed E-state index contributed by atoms with van der Waals surface area (Å²) in [6.45, 7) is 8.76. The van der Waals surface area contributed by atoms with Gasteiger partial charge in [0.15, 0.2) is 11.4 Å². The van der Waals surface area contributed by atoms with Gasteiger partial charge in [0.2, 0.25) is 0 Å². The molecule has 9 nitrogen and oxygen atoms in total. The van der Waals surface area contributed by atoms with Crippen LogP contribution in [-0.2, 0) is 33.4 Å². The number of carbonyl (C=O) groups excluding carboxylic acids is 4. The molecule has 1 N–H and O–H groups in total. The lowest BCUT2D eigenvalue weighted by Gasteiger charge is -2.65. The number of carbonyl (C=O) groups is 4. The first-order valence-electron chi connectivity index (χ1n) is 13.2. The van der Waals surface area contributed by atoms with Crippen molar-refractivity contribution in [3.63, 3.8) is 0 Å². The number of esters is 3. The van der Waals surface area contributed by atoms with Crippen LogP contribution in [0.15, 0.2) is 34.7 Å². The molecule has 1 saturated heterocycles. The van der Waals surface area contributed by atoms with E-state index in [-0.39, 0.29) is 30.6 Å². The highest BCUT2D eigenvalue weighted by Crippen LogP contribution is 2.68. The average Bonchev–Trinajstić information content (AvgIpc) is 3.38. The van der Waals surface area contributed by atoms with Crippen LogP contribution in [-0.4, -0.2) is 47.6 Å². The van der Waals surface area contributed by atoms with Gasteiger partial charge in [0.25, 0.3) is 0 Å². The van der Waals surface area contributed by atoms with Crippen molar-refractivity contribution in [1.29, 1.82) is 0 Å². The summed E-state index contributed by atoms with van der Waals surface area (Å²) in [7, 11) is 1.30. The molecule has 5 rings (SSSR count). The van der Waals surface area contributed by atoms with E-state index in [1.807, 2.05) is 20.8 Å². The van der Waals surface area contributed by atoms with E-state index < -0.39 is 57.7 Å².